The Morgan fingerprint density at radius 1 is 1.43 bits per heavy atom. The van der Waals surface area contributed by atoms with Crippen molar-refractivity contribution in [2.24, 2.45) is 0 Å². The lowest BCUT2D eigenvalue weighted by Crippen LogP contribution is -2.06. The first-order chi connectivity index (χ1) is 6.46. The Labute approximate surface area is 86.3 Å². The van der Waals surface area contributed by atoms with Crippen LogP contribution in [0.2, 0.25) is 0 Å². The maximum atomic E-state index is 13.1. The Morgan fingerprint density at radius 2 is 2.07 bits per heavy atom. The second kappa shape index (κ2) is 4.25. The summed E-state index contributed by atoms with van der Waals surface area (Å²) < 4.78 is 45.3. The van der Waals surface area contributed by atoms with Crippen LogP contribution in [0.1, 0.15) is 5.56 Å². The summed E-state index contributed by atoms with van der Waals surface area (Å²) >= 11 is 5.37. The molecule has 0 atom stereocenters. The second-order valence-electron chi connectivity index (χ2n) is 2.61. The van der Waals surface area contributed by atoms with Gasteiger partial charge in [0.05, 0.1) is 4.90 Å². The zero-order valence-electron chi connectivity index (χ0n) is 7.04. The molecule has 0 fully saturated rings. The SMILES string of the molecule is O=S(=O)([O-])c1cccc(F)c1CCCl. The largest absolute Gasteiger partial charge is 0.744 e. The van der Waals surface area contributed by atoms with Gasteiger partial charge in [0.1, 0.15) is 15.9 Å². The van der Waals surface area contributed by atoms with Crippen molar-refractivity contribution in [3.63, 3.8) is 0 Å². The van der Waals surface area contributed by atoms with Gasteiger partial charge in [0.2, 0.25) is 0 Å². The lowest BCUT2D eigenvalue weighted by molar-refractivity contribution is 0.460. The highest BCUT2D eigenvalue weighted by atomic mass is 35.5. The zero-order valence-corrected chi connectivity index (χ0v) is 8.61. The van der Waals surface area contributed by atoms with Crippen molar-refractivity contribution in [2.45, 2.75) is 11.3 Å². The molecule has 0 N–H and O–H groups in total. The lowest BCUT2D eigenvalue weighted by atomic mass is 10.1. The summed E-state index contributed by atoms with van der Waals surface area (Å²) in [5.41, 5.74) is -0.141. The third-order valence-corrected chi connectivity index (χ3v) is 2.80. The first-order valence-electron chi connectivity index (χ1n) is 3.76. The van der Waals surface area contributed by atoms with Gasteiger partial charge in [-0.3, -0.25) is 0 Å². The van der Waals surface area contributed by atoms with Crippen molar-refractivity contribution in [3.8, 4) is 0 Å². The number of hydrogen-bond donors (Lipinski definition) is 0. The molecule has 1 aromatic carbocycles. The van der Waals surface area contributed by atoms with E-state index in [9.17, 15) is 17.4 Å². The first kappa shape index (κ1) is 11.4. The van der Waals surface area contributed by atoms with Crippen LogP contribution >= 0.6 is 11.6 Å². The monoisotopic (exact) mass is 237 g/mol. The highest BCUT2D eigenvalue weighted by Crippen LogP contribution is 2.19. The van der Waals surface area contributed by atoms with Gasteiger partial charge < -0.3 is 4.55 Å². The van der Waals surface area contributed by atoms with Crippen LogP contribution in [0.25, 0.3) is 0 Å². The molecule has 78 valence electrons. The Kier molecular flexibility index (Phi) is 3.47. The predicted octanol–water partition coefficient (Wildman–Crippen LogP) is 1.51. The van der Waals surface area contributed by atoms with Crippen LogP contribution < -0.4 is 0 Å². The van der Waals surface area contributed by atoms with Gasteiger partial charge >= 0.3 is 0 Å². The predicted molar refractivity (Wildman–Crippen MR) is 48.8 cm³/mol. The maximum absolute atomic E-state index is 13.1. The molecule has 0 unspecified atom stereocenters. The highest BCUT2D eigenvalue weighted by Gasteiger charge is 2.12. The van der Waals surface area contributed by atoms with Crippen LogP contribution in [0.4, 0.5) is 4.39 Å². The van der Waals surface area contributed by atoms with E-state index < -0.39 is 20.8 Å². The van der Waals surface area contributed by atoms with Crippen LogP contribution in [0, 0.1) is 5.82 Å². The molecule has 0 heterocycles. The Bertz CT molecular complexity index is 430. The summed E-state index contributed by atoms with van der Waals surface area (Å²) in [5, 5.41) is 0. The summed E-state index contributed by atoms with van der Waals surface area (Å²) in [6, 6.07) is 3.35. The Hall–Kier alpha value is -0.650. The molecule has 0 radical (unpaired) electrons. The molecule has 1 aromatic rings. The van der Waals surface area contributed by atoms with E-state index in [4.69, 9.17) is 11.6 Å². The summed E-state index contributed by atoms with van der Waals surface area (Å²) in [6.07, 6.45) is 0.0189. The van der Waals surface area contributed by atoms with Crippen molar-refractivity contribution < 1.29 is 17.4 Å². The van der Waals surface area contributed by atoms with Crippen molar-refractivity contribution in [1.29, 1.82) is 0 Å². The molecule has 0 bridgehead atoms. The van der Waals surface area contributed by atoms with E-state index in [1.54, 1.807) is 0 Å². The molecule has 0 aromatic heterocycles. The number of halogens is 2. The molecule has 0 saturated heterocycles. The molecular formula is C8H7ClFO3S-. The summed E-state index contributed by atoms with van der Waals surface area (Å²) in [4.78, 5) is -0.529. The number of hydrogen-bond acceptors (Lipinski definition) is 3. The van der Waals surface area contributed by atoms with Gasteiger partial charge in [-0.05, 0) is 18.6 Å². The number of alkyl halides is 1. The third kappa shape index (κ3) is 2.43. The average Bonchev–Trinajstić information content (AvgIpc) is 2.07. The van der Waals surface area contributed by atoms with E-state index in [-0.39, 0.29) is 17.9 Å². The smallest absolute Gasteiger partial charge is 0.127 e. The fourth-order valence-electron chi connectivity index (χ4n) is 1.11. The van der Waals surface area contributed by atoms with E-state index in [0.717, 1.165) is 12.1 Å². The van der Waals surface area contributed by atoms with Gasteiger partial charge in [-0.1, -0.05) is 6.07 Å². The lowest BCUT2D eigenvalue weighted by Gasteiger charge is -2.12. The van der Waals surface area contributed by atoms with Crippen LogP contribution in [0.3, 0.4) is 0 Å². The van der Waals surface area contributed by atoms with Crippen molar-refractivity contribution in [1.82, 2.24) is 0 Å². The third-order valence-electron chi connectivity index (χ3n) is 1.69. The van der Waals surface area contributed by atoms with Gasteiger partial charge in [0, 0.05) is 11.4 Å². The van der Waals surface area contributed by atoms with Crippen molar-refractivity contribution in [3.05, 3.63) is 29.6 Å². The fourth-order valence-corrected chi connectivity index (χ4v) is 2.05. The molecule has 0 spiro atoms. The minimum atomic E-state index is -4.63. The summed E-state index contributed by atoms with van der Waals surface area (Å²) in [6.45, 7) is 0. The first-order valence-corrected chi connectivity index (χ1v) is 5.70. The van der Waals surface area contributed by atoms with Crippen molar-refractivity contribution >= 4 is 21.7 Å². The molecule has 0 aliphatic carbocycles. The number of rotatable bonds is 3. The molecule has 3 nitrogen and oxygen atoms in total. The minimum Gasteiger partial charge on any atom is -0.744 e. The molecule has 14 heavy (non-hydrogen) atoms. The van der Waals surface area contributed by atoms with E-state index in [2.05, 4.69) is 0 Å². The fraction of sp³-hybridized carbons (Fsp3) is 0.250. The highest BCUT2D eigenvalue weighted by molar-refractivity contribution is 7.85. The molecule has 0 saturated carbocycles. The van der Waals surface area contributed by atoms with E-state index in [1.165, 1.54) is 6.07 Å². The van der Waals surface area contributed by atoms with Crippen LogP contribution in [-0.2, 0) is 16.5 Å². The molecule has 6 heteroatoms. The van der Waals surface area contributed by atoms with Crippen LogP contribution in [-0.4, -0.2) is 18.9 Å². The number of benzene rings is 1. The normalized spacial score (nSPS) is 11.6. The van der Waals surface area contributed by atoms with Crippen LogP contribution in [0.5, 0.6) is 0 Å². The molecule has 0 aliphatic heterocycles. The van der Waals surface area contributed by atoms with Crippen molar-refractivity contribution in [2.75, 3.05) is 5.88 Å². The Balaban J connectivity index is 3.36. The quantitative estimate of drug-likeness (QED) is 0.592. The van der Waals surface area contributed by atoms with E-state index >= 15 is 0 Å². The molecule has 0 aliphatic rings. The molecule has 1 rings (SSSR count). The Morgan fingerprint density at radius 3 is 2.57 bits per heavy atom. The summed E-state index contributed by atoms with van der Waals surface area (Å²) in [5.74, 6) is -0.661. The molecular weight excluding hydrogens is 231 g/mol. The van der Waals surface area contributed by atoms with Gasteiger partial charge in [-0.25, -0.2) is 12.8 Å². The standard InChI is InChI=1S/C8H8ClFO3S/c9-5-4-6-7(10)2-1-3-8(6)14(11,12)13/h1-3H,4-5H2,(H,11,12,13)/p-1. The van der Waals surface area contributed by atoms with Gasteiger partial charge in [-0.15, -0.1) is 11.6 Å². The average molecular weight is 238 g/mol. The topological polar surface area (TPSA) is 57.2 Å². The van der Waals surface area contributed by atoms with Crippen LogP contribution in [0.15, 0.2) is 23.1 Å². The summed E-state index contributed by atoms with van der Waals surface area (Å²) in [7, 11) is -4.63. The van der Waals surface area contributed by atoms with Gasteiger partial charge in [-0.2, -0.15) is 0 Å². The van der Waals surface area contributed by atoms with Gasteiger partial charge in [0.15, 0.2) is 0 Å². The van der Waals surface area contributed by atoms with E-state index in [0.29, 0.717) is 0 Å². The maximum Gasteiger partial charge on any atom is 0.127 e. The second-order valence-corrected chi connectivity index (χ2v) is 4.34. The molecule has 0 amide bonds. The van der Waals surface area contributed by atoms with E-state index in [1.807, 2.05) is 0 Å². The zero-order chi connectivity index (χ0) is 10.8. The van der Waals surface area contributed by atoms with Gasteiger partial charge in [0.25, 0.3) is 0 Å². The minimum absolute atomic E-state index is 0.0189.